The van der Waals surface area contributed by atoms with E-state index in [2.05, 4.69) is 15.2 Å². The summed E-state index contributed by atoms with van der Waals surface area (Å²) in [6, 6.07) is 5.25. The number of fused-ring (bicyclic) bond motifs is 3. The van der Waals surface area contributed by atoms with Crippen molar-refractivity contribution in [3.05, 3.63) is 41.5 Å². The van der Waals surface area contributed by atoms with Crippen molar-refractivity contribution in [2.24, 2.45) is 0 Å². The molecule has 0 spiro atoms. The van der Waals surface area contributed by atoms with E-state index in [4.69, 9.17) is 9.47 Å². The van der Waals surface area contributed by atoms with E-state index in [1.54, 1.807) is 18.3 Å². The third-order valence-electron chi connectivity index (χ3n) is 4.67. The van der Waals surface area contributed by atoms with Crippen LogP contribution in [-0.4, -0.2) is 46.2 Å². The first-order valence-electron chi connectivity index (χ1n) is 7.80. The molecule has 0 aliphatic carbocycles. The molecular weight excluding hydrogens is 299 g/mol. The maximum absolute atomic E-state index is 14.1. The molecule has 0 unspecified atom stereocenters. The number of halogens is 1. The van der Waals surface area contributed by atoms with Crippen LogP contribution in [0, 0.1) is 5.82 Å². The van der Waals surface area contributed by atoms with Gasteiger partial charge >= 0.3 is 0 Å². The average molecular weight is 318 g/mol. The summed E-state index contributed by atoms with van der Waals surface area (Å²) in [7, 11) is 1.54. The lowest BCUT2D eigenvalue weighted by atomic mass is 9.99. The van der Waals surface area contributed by atoms with Crippen molar-refractivity contribution >= 4 is 0 Å². The number of hydrogen-bond donors (Lipinski definition) is 0. The summed E-state index contributed by atoms with van der Waals surface area (Å²) in [5, 5.41) is 8.15. The molecule has 3 heterocycles. The summed E-state index contributed by atoms with van der Waals surface area (Å²) in [6.07, 6.45) is 2.77. The summed E-state index contributed by atoms with van der Waals surface area (Å²) in [4.78, 5) is 2.23. The zero-order valence-electron chi connectivity index (χ0n) is 13.0. The van der Waals surface area contributed by atoms with Gasteiger partial charge in [0.15, 0.2) is 0 Å². The monoisotopic (exact) mass is 318 g/mol. The van der Waals surface area contributed by atoms with Crippen molar-refractivity contribution in [3.8, 4) is 5.75 Å². The van der Waals surface area contributed by atoms with Crippen molar-refractivity contribution in [2.75, 3.05) is 20.2 Å². The van der Waals surface area contributed by atoms with E-state index in [0.717, 1.165) is 25.2 Å². The fourth-order valence-electron chi connectivity index (χ4n) is 3.42. The number of rotatable bonds is 3. The van der Waals surface area contributed by atoms with E-state index < -0.39 is 0 Å². The predicted molar refractivity (Wildman–Crippen MR) is 80.5 cm³/mol. The number of aromatic nitrogens is 3. The molecule has 1 aromatic carbocycles. The van der Waals surface area contributed by atoms with Crippen molar-refractivity contribution in [1.82, 2.24) is 19.9 Å². The number of likely N-dealkylation sites (tertiary alicyclic amines) is 1. The lowest BCUT2D eigenvalue weighted by Gasteiger charge is -2.41. The van der Waals surface area contributed by atoms with E-state index in [1.807, 2.05) is 4.68 Å². The van der Waals surface area contributed by atoms with Crippen LogP contribution in [0.4, 0.5) is 4.39 Å². The van der Waals surface area contributed by atoms with Crippen LogP contribution in [0.2, 0.25) is 0 Å². The van der Waals surface area contributed by atoms with Gasteiger partial charge in [0.1, 0.15) is 11.6 Å². The van der Waals surface area contributed by atoms with Gasteiger partial charge in [-0.1, -0.05) is 11.3 Å². The van der Waals surface area contributed by atoms with Crippen LogP contribution in [0.15, 0.2) is 24.4 Å². The van der Waals surface area contributed by atoms with Crippen LogP contribution in [0.3, 0.4) is 0 Å². The number of methoxy groups -OCH3 is 1. The molecule has 0 saturated carbocycles. The maximum atomic E-state index is 14.1. The third-order valence-corrected chi connectivity index (χ3v) is 4.67. The Hall–Kier alpha value is -1.99. The second-order valence-electron chi connectivity index (χ2n) is 6.07. The van der Waals surface area contributed by atoms with Gasteiger partial charge < -0.3 is 9.47 Å². The van der Waals surface area contributed by atoms with E-state index >= 15 is 0 Å². The highest BCUT2D eigenvalue weighted by molar-refractivity contribution is 5.28. The van der Waals surface area contributed by atoms with Gasteiger partial charge in [-0.05, 0) is 12.5 Å². The molecule has 6 nitrogen and oxygen atoms in total. The summed E-state index contributed by atoms with van der Waals surface area (Å²) in [5.74, 6) is 0.314. The zero-order chi connectivity index (χ0) is 15.8. The SMILES string of the molecule is COc1ccc(CN2CC[C@@H]3[C@@H](C2)OCc2cnnn23)c(F)c1. The van der Waals surface area contributed by atoms with Gasteiger partial charge in [-0.3, -0.25) is 4.90 Å². The molecule has 1 fully saturated rings. The minimum absolute atomic E-state index is 0.0826. The van der Waals surface area contributed by atoms with Gasteiger partial charge in [-0.15, -0.1) is 5.10 Å². The molecule has 0 N–H and O–H groups in total. The minimum Gasteiger partial charge on any atom is -0.497 e. The van der Waals surface area contributed by atoms with Crippen LogP contribution in [-0.2, 0) is 17.9 Å². The van der Waals surface area contributed by atoms with Gasteiger partial charge in [-0.2, -0.15) is 0 Å². The number of ether oxygens (including phenoxy) is 2. The molecular formula is C16H19FN4O2. The first kappa shape index (κ1) is 14.6. The standard InChI is InChI=1S/C16H19FN4O2/c1-22-13-3-2-11(14(17)6-13)8-20-5-4-15-16(9-20)23-10-12-7-18-19-21(12)15/h2-3,6-7,15-16H,4-5,8-10H2,1H3/t15-,16-/m1/s1. The Morgan fingerprint density at radius 3 is 3.17 bits per heavy atom. The van der Waals surface area contributed by atoms with Crippen LogP contribution >= 0.6 is 0 Å². The molecule has 2 atom stereocenters. The normalized spacial score (nSPS) is 24.1. The number of nitrogens with zero attached hydrogens (tertiary/aromatic N) is 4. The molecule has 0 amide bonds. The molecule has 0 bridgehead atoms. The minimum atomic E-state index is -0.227. The third kappa shape index (κ3) is 2.70. The Kier molecular flexibility index (Phi) is 3.74. The van der Waals surface area contributed by atoms with E-state index in [-0.39, 0.29) is 18.0 Å². The molecule has 23 heavy (non-hydrogen) atoms. The van der Waals surface area contributed by atoms with Crippen molar-refractivity contribution in [3.63, 3.8) is 0 Å². The van der Waals surface area contributed by atoms with Gasteiger partial charge in [0.25, 0.3) is 0 Å². The summed E-state index contributed by atoms with van der Waals surface area (Å²) >= 11 is 0. The maximum Gasteiger partial charge on any atom is 0.131 e. The molecule has 122 valence electrons. The molecule has 2 aliphatic heterocycles. The first-order chi connectivity index (χ1) is 11.2. The molecule has 1 aromatic heterocycles. The molecule has 4 rings (SSSR count). The van der Waals surface area contributed by atoms with E-state index in [9.17, 15) is 4.39 Å². The number of benzene rings is 1. The first-order valence-corrected chi connectivity index (χ1v) is 7.80. The van der Waals surface area contributed by atoms with Crippen LogP contribution in [0.5, 0.6) is 5.75 Å². The van der Waals surface area contributed by atoms with Crippen molar-refractivity contribution in [2.45, 2.75) is 31.7 Å². The van der Waals surface area contributed by atoms with E-state index in [0.29, 0.717) is 24.5 Å². The lowest BCUT2D eigenvalue weighted by molar-refractivity contribution is -0.0705. The summed E-state index contributed by atoms with van der Waals surface area (Å²) in [6.45, 7) is 2.77. The Bertz CT molecular complexity index is 705. The highest BCUT2D eigenvalue weighted by Gasteiger charge is 2.36. The van der Waals surface area contributed by atoms with Gasteiger partial charge in [0.05, 0.1) is 37.8 Å². The quantitative estimate of drug-likeness (QED) is 0.863. The molecule has 7 heteroatoms. The highest BCUT2D eigenvalue weighted by Crippen LogP contribution is 2.31. The van der Waals surface area contributed by atoms with Gasteiger partial charge in [0, 0.05) is 31.3 Å². The van der Waals surface area contributed by atoms with Gasteiger partial charge in [-0.25, -0.2) is 9.07 Å². The van der Waals surface area contributed by atoms with E-state index in [1.165, 1.54) is 13.2 Å². The lowest BCUT2D eigenvalue weighted by Crippen LogP contribution is -2.48. The smallest absolute Gasteiger partial charge is 0.131 e. The average Bonchev–Trinajstić information content (AvgIpc) is 3.05. The largest absolute Gasteiger partial charge is 0.497 e. The van der Waals surface area contributed by atoms with Crippen LogP contribution < -0.4 is 4.74 Å². The van der Waals surface area contributed by atoms with Gasteiger partial charge in [0.2, 0.25) is 0 Å². The van der Waals surface area contributed by atoms with Crippen molar-refractivity contribution in [1.29, 1.82) is 0 Å². The Labute approximate surface area is 133 Å². The fraction of sp³-hybridized carbons (Fsp3) is 0.500. The van der Waals surface area contributed by atoms with Crippen molar-refractivity contribution < 1.29 is 13.9 Å². The predicted octanol–water partition coefficient (Wildman–Crippen LogP) is 1.77. The highest BCUT2D eigenvalue weighted by atomic mass is 19.1. The number of piperidine rings is 1. The summed E-state index contributed by atoms with van der Waals surface area (Å²) < 4.78 is 27.1. The molecule has 0 radical (unpaired) electrons. The fourth-order valence-corrected chi connectivity index (χ4v) is 3.42. The Morgan fingerprint density at radius 1 is 1.43 bits per heavy atom. The topological polar surface area (TPSA) is 52.4 Å². The second-order valence-corrected chi connectivity index (χ2v) is 6.07. The second kappa shape index (κ2) is 5.90. The summed E-state index contributed by atoms with van der Waals surface area (Å²) in [5.41, 5.74) is 1.71. The van der Waals surface area contributed by atoms with Crippen LogP contribution in [0.25, 0.3) is 0 Å². The Balaban J connectivity index is 1.45. The molecule has 1 saturated heterocycles. The number of hydrogen-bond acceptors (Lipinski definition) is 5. The van der Waals surface area contributed by atoms with Crippen LogP contribution in [0.1, 0.15) is 23.7 Å². The Morgan fingerprint density at radius 2 is 2.35 bits per heavy atom. The molecule has 2 aromatic rings. The zero-order valence-corrected chi connectivity index (χ0v) is 13.0. The molecule has 2 aliphatic rings.